The minimum absolute atomic E-state index is 0.0666. The molecule has 0 fully saturated rings. The summed E-state index contributed by atoms with van der Waals surface area (Å²) in [5, 5.41) is 0. The fourth-order valence-corrected chi connectivity index (χ4v) is 0.941. The van der Waals surface area contributed by atoms with E-state index in [1.165, 1.54) is 18.3 Å². The van der Waals surface area contributed by atoms with E-state index in [1.54, 1.807) is 20.8 Å². The smallest absolute Gasteiger partial charge is 0.0375 e. The molecule has 1 aromatic rings. The summed E-state index contributed by atoms with van der Waals surface area (Å²) in [6, 6.07) is 2.86. The first-order chi connectivity index (χ1) is 7.46. The van der Waals surface area contributed by atoms with E-state index in [1.807, 2.05) is 0 Å². The lowest BCUT2D eigenvalue weighted by atomic mass is 9.88. The Bertz CT molecular complexity index is 403. The molecule has 66 valence electrons. The monoisotopic (exact) mass is 168 g/mol. The van der Waals surface area contributed by atoms with Gasteiger partial charge in [0, 0.05) is 18.7 Å². The molecule has 1 heteroatoms. The molecule has 1 aromatic heterocycles. The predicted octanol–water partition coefficient (Wildman–Crippen LogP) is 2.98. The Balaban J connectivity index is 3.26. The molecule has 1 nitrogen and oxygen atoms in total. The molecule has 0 aromatic carbocycles. The van der Waals surface area contributed by atoms with E-state index < -0.39 is 18.6 Å². The second-order valence-electron chi connectivity index (χ2n) is 3.80. The van der Waals surface area contributed by atoms with Gasteiger partial charge in [-0.15, -0.1) is 0 Å². The molecule has 0 aliphatic rings. The number of hydrogen-bond donors (Lipinski definition) is 0. The normalized spacial score (nSPS) is 20.1. The van der Waals surface area contributed by atoms with E-state index in [-0.39, 0.29) is 5.69 Å². The largest absolute Gasteiger partial charge is 0.262 e. The number of pyridine rings is 1. The minimum Gasteiger partial charge on any atom is -0.262 e. The molecule has 0 saturated carbocycles. The Morgan fingerprint density at radius 2 is 2.33 bits per heavy atom. The lowest BCUT2D eigenvalue weighted by Crippen LogP contribution is -2.09. The Labute approximate surface area is 81.9 Å². The lowest BCUT2D eigenvalue weighted by Gasteiger charge is -2.17. The second kappa shape index (κ2) is 3.26. The second-order valence-corrected chi connectivity index (χ2v) is 3.80. The molecule has 12 heavy (non-hydrogen) atoms. The Morgan fingerprint density at radius 1 is 1.58 bits per heavy atom. The Hall–Kier alpha value is -0.850. The van der Waals surface area contributed by atoms with Crippen molar-refractivity contribution in [1.82, 2.24) is 4.98 Å². The first kappa shape index (κ1) is 4.40. The third-order valence-corrected chi connectivity index (χ3v) is 1.28. The molecule has 0 N–H and O–H groups in total. The summed E-state index contributed by atoms with van der Waals surface area (Å²) in [7, 11) is 0. The van der Waals surface area contributed by atoms with Crippen molar-refractivity contribution >= 4 is 0 Å². The van der Waals surface area contributed by atoms with Crippen LogP contribution < -0.4 is 0 Å². The lowest BCUT2D eigenvalue weighted by molar-refractivity contribution is 0.411. The van der Waals surface area contributed by atoms with Crippen molar-refractivity contribution in [2.75, 3.05) is 0 Å². The van der Waals surface area contributed by atoms with Crippen molar-refractivity contribution in [1.29, 1.82) is 0 Å². The predicted molar refractivity (Wildman–Crippen MR) is 52.1 cm³/mol. The van der Waals surface area contributed by atoms with Crippen molar-refractivity contribution in [2.45, 2.75) is 34.0 Å². The highest BCUT2D eigenvalue weighted by Gasteiger charge is 2.10. The van der Waals surface area contributed by atoms with Crippen LogP contribution in [0.2, 0.25) is 0 Å². The van der Waals surface area contributed by atoms with Crippen LogP contribution in [0.25, 0.3) is 0 Å². The number of hydrogen-bond acceptors (Lipinski definition) is 1. The van der Waals surface area contributed by atoms with Gasteiger partial charge in [-0.05, 0) is 36.3 Å². The van der Waals surface area contributed by atoms with E-state index in [2.05, 4.69) is 4.98 Å². The van der Waals surface area contributed by atoms with Gasteiger partial charge in [0.15, 0.2) is 0 Å². The summed E-state index contributed by atoms with van der Waals surface area (Å²) in [5.41, 5.74) is -0.324. The Kier molecular flexibility index (Phi) is 1.20. The molecule has 0 atom stereocenters. The summed E-state index contributed by atoms with van der Waals surface area (Å²) in [6.45, 7) is 3.04. The molecular formula is C11H17N. The molecule has 0 bridgehead atoms. The maximum atomic E-state index is 8.08. The molecule has 0 aliphatic carbocycles. The topological polar surface area (TPSA) is 12.9 Å². The first-order valence-corrected chi connectivity index (χ1v) is 3.93. The number of rotatable bonds is 1. The quantitative estimate of drug-likeness (QED) is 0.628. The van der Waals surface area contributed by atoms with Crippen molar-refractivity contribution in [3.63, 3.8) is 0 Å². The van der Waals surface area contributed by atoms with Crippen LogP contribution in [-0.2, 0) is 6.37 Å². The third-order valence-electron chi connectivity index (χ3n) is 1.28. The average molecular weight is 168 g/mol. The van der Waals surface area contributed by atoms with Crippen LogP contribution in [0.3, 0.4) is 0 Å². The average Bonchev–Trinajstić information content (AvgIpc) is 2.15. The van der Waals surface area contributed by atoms with Crippen molar-refractivity contribution < 1.29 is 6.85 Å². The van der Waals surface area contributed by atoms with Gasteiger partial charge in [-0.25, -0.2) is 0 Å². The van der Waals surface area contributed by atoms with Gasteiger partial charge in [0.2, 0.25) is 0 Å². The van der Waals surface area contributed by atoms with E-state index >= 15 is 0 Å². The summed E-state index contributed by atoms with van der Waals surface area (Å²) < 4.78 is 38.0. The van der Waals surface area contributed by atoms with Crippen LogP contribution in [0.5, 0.6) is 0 Å². The van der Waals surface area contributed by atoms with Gasteiger partial charge in [-0.2, -0.15) is 0 Å². The molecule has 0 radical (unpaired) electrons. The fourth-order valence-electron chi connectivity index (χ4n) is 0.941. The van der Waals surface area contributed by atoms with Crippen molar-refractivity contribution in [3.05, 3.63) is 29.6 Å². The molecule has 0 amide bonds. The molecule has 0 unspecified atom stereocenters. The van der Waals surface area contributed by atoms with Crippen LogP contribution in [-0.4, -0.2) is 4.98 Å². The van der Waals surface area contributed by atoms with Crippen molar-refractivity contribution in [2.24, 2.45) is 5.41 Å². The number of aromatic nitrogens is 1. The van der Waals surface area contributed by atoms with Gasteiger partial charge in [-0.3, -0.25) is 4.98 Å². The highest BCUT2D eigenvalue weighted by atomic mass is 14.6. The van der Waals surface area contributed by atoms with Crippen molar-refractivity contribution in [3.8, 4) is 0 Å². The minimum atomic E-state index is -2.30. The van der Waals surface area contributed by atoms with Crippen LogP contribution in [0.1, 0.15) is 38.9 Å². The van der Waals surface area contributed by atoms with E-state index in [9.17, 15) is 0 Å². The van der Waals surface area contributed by atoms with Gasteiger partial charge in [0.25, 0.3) is 0 Å². The summed E-state index contributed by atoms with van der Waals surface area (Å²) in [5.74, 6) is 0. The highest BCUT2D eigenvalue weighted by Crippen LogP contribution is 2.20. The maximum absolute atomic E-state index is 8.08. The zero-order valence-corrected chi connectivity index (χ0v) is 7.68. The van der Waals surface area contributed by atoms with Crippen LogP contribution in [0.15, 0.2) is 18.3 Å². The summed E-state index contributed by atoms with van der Waals surface area (Å²) >= 11 is 0. The Morgan fingerprint density at radius 3 is 2.92 bits per heavy atom. The molecule has 0 saturated heterocycles. The molecule has 0 spiro atoms. The first-order valence-electron chi connectivity index (χ1n) is 6.43. The third kappa shape index (κ3) is 3.04. The van der Waals surface area contributed by atoms with Gasteiger partial charge in [0.05, 0.1) is 0 Å². The van der Waals surface area contributed by atoms with Gasteiger partial charge < -0.3 is 0 Å². The summed E-state index contributed by atoms with van der Waals surface area (Å²) in [6.07, 6.45) is -0.253. The molecule has 1 rings (SSSR count). The SMILES string of the molecule is [2H]C([2H])([2H])c1cc(C([2H])([2H])C(C)(C)C)ccn1. The van der Waals surface area contributed by atoms with Gasteiger partial charge in [-0.1, -0.05) is 20.8 Å². The molecule has 1 heterocycles. The fraction of sp³-hybridized carbons (Fsp3) is 0.545. The van der Waals surface area contributed by atoms with Gasteiger partial charge in [0.1, 0.15) is 0 Å². The molecule has 0 aliphatic heterocycles. The maximum Gasteiger partial charge on any atom is 0.0375 e. The van der Waals surface area contributed by atoms with Crippen LogP contribution >= 0.6 is 0 Å². The number of aryl methyl sites for hydroxylation is 1. The zero-order valence-electron chi connectivity index (χ0n) is 12.7. The standard InChI is InChI=1S/C11H17N/c1-9-7-10(5-6-12-9)8-11(2,3)4/h5-7H,8H2,1-4H3/i1D3,8D2. The zero-order chi connectivity index (χ0) is 13.5. The van der Waals surface area contributed by atoms with Crippen LogP contribution in [0.4, 0.5) is 0 Å². The molecular weight excluding hydrogens is 146 g/mol. The van der Waals surface area contributed by atoms with Crippen LogP contribution in [0, 0.1) is 12.3 Å². The van der Waals surface area contributed by atoms with E-state index in [4.69, 9.17) is 6.85 Å². The van der Waals surface area contributed by atoms with E-state index in [0.717, 1.165) is 0 Å². The van der Waals surface area contributed by atoms with E-state index in [0.29, 0.717) is 5.56 Å². The van der Waals surface area contributed by atoms with Gasteiger partial charge >= 0.3 is 0 Å². The summed E-state index contributed by atoms with van der Waals surface area (Å²) in [4.78, 5) is 3.78. The number of nitrogens with zero attached hydrogens (tertiary/aromatic N) is 1. The highest BCUT2D eigenvalue weighted by molar-refractivity contribution is 5.16.